The Hall–Kier alpha value is -2.08. The molecule has 0 aliphatic carbocycles. The third kappa shape index (κ3) is 4.13. The minimum absolute atomic E-state index is 0.184. The topological polar surface area (TPSA) is 88.4 Å². The van der Waals surface area contributed by atoms with Gasteiger partial charge >= 0.3 is 0 Å². The predicted octanol–water partition coefficient (Wildman–Crippen LogP) is 2.45. The number of benzene rings is 1. The molecule has 11 heteroatoms. The van der Waals surface area contributed by atoms with Crippen molar-refractivity contribution in [2.45, 2.75) is 4.90 Å². The summed E-state index contributed by atoms with van der Waals surface area (Å²) in [5.74, 6) is -0.184. The quantitative estimate of drug-likeness (QED) is 0.554. The Morgan fingerprint density at radius 1 is 1.21 bits per heavy atom. The van der Waals surface area contributed by atoms with E-state index < -0.39 is 10.0 Å². The lowest BCUT2D eigenvalue weighted by Crippen LogP contribution is -2.50. The number of sulfonamides is 1. The van der Waals surface area contributed by atoms with E-state index in [0.29, 0.717) is 23.3 Å². The largest absolute Gasteiger partial charge is 0.335 e. The van der Waals surface area contributed by atoms with Gasteiger partial charge in [0.15, 0.2) is 0 Å². The summed E-state index contributed by atoms with van der Waals surface area (Å²) in [6.07, 6.45) is 3.55. The van der Waals surface area contributed by atoms with E-state index in [-0.39, 0.29) is 23.9 Å². The molecule has 0 radical (unpaired) electrons. The number of carbonyl (C=O) groups excluding carboxylic acids is 1. The number of amides is 1. The molecule has 0 spiro atoms. The molecular weight excluding hydrogens is 478 g/mol. The third-order valence-electron chi connectivity index (χ3n) is 4.63. The van der Waals surface area contributed by atoms with Crippen molar-refractivity contribution < 1.29 is 13.2 Å². The van der Waals surface area contributed by atoms with Crippen molar-refractivity contribution in [1.29, 1.82) is 0 Å². The molecule has 2 aromatic heterocycles. The van der Waals surface area contributed by atoms with Gasteiger partial charge in [-0.15, -0.1) is 11.3 Å². The standard InChI is InChI=1S/C18H18BrN5O3S2/c1-22-11-13(10-20-22)17-21-16(12-28-17)18(25)23-5-7-24(8-6-23)29(26,27)15-4-2-3-14(19)9-15/h2-4,9-12H,5-8H2,1H3. The summed E-state index contributed by atoms with van der Waals surface area (Å²) in [5, 5.41) is 6.59. The summed E-state index contributed by atoms with van der Waals surface area (Å²) in [4.78, 5) is 19.1. The van der Waals surface area contributed by atoms with Crippen LogP contribution in [0.4, 0.5) is 0 Å². The molecule has 152 valence electrons. The molecule has 1 fully saturated rings. The Bertz CT molecular complexity index is 1150. The van der Waals surface area contributed by atoms with Crippen LogP contribution in [0, 0.1) is 0 Å². The molecule has 0 bridgehead atoms. The smallest absolute Gasteiger partial charge is 0.273 e. The van der Waals surface area contributed by atoms with E-state index in [2.05, 4.69) is 26.0 Å². The number of aryl methyl sites for hydroxylation is 1. The normalized spacial score (nSPS) is 15.6. The zero-order valence-corrected chi connectivity index (χ0v) is 18.7. The minimum Gasteiger partial charge on any atom is -0.335 e. The van der Waals surface area contributed by atoms with E-state index in [9.17, 15) is 13.2 Å². The highest BCUT2D eigenvalue weighted by molar-refractivity contribution is 9.10. The molecule has 0 N–H and O–H groups in total. The maximum atomic E-state index is 12.8. The van der Waals surface area contributed by atoms with E-state index in [1.807, 2.05) is 13.2 Å². The highest BCUT2D eigenvalue weighted by atomic mass is 79.9. The number of thiazole rings is 1. The van der Waals surface area contributed by atoms with Crippen molar-refractivity contribution in [2.75, 3.05) is 26.2 Å². The fourth-order valence-corrected chi connectivity index (χ4v) is 5.89. The first-order valence-electron chi connectivity index (χ1n) is 8.84. The van der Waals surface area contributed by atoms with Crippen molar-refractivity contribution in [3.05, 3.63) is 52.2 Å². The van der Waals surface area contributed by atoms with Gasteiger partial charge in [-0.2, -0.15) is 9.40 Å². The van der Waals surface area contributed by atoms with Gasteiger partial charge in [-0.05, 0) is 18.2 Å². The molecule has 1 saturated heterocycles. The predicted molar refractivity (Wildman–Crippen MR) is 113 cm³/mol. The van der Waals surface area contributed by atoms with E-state index in [1.165, 1.54) is 15.6 Å². The molecule has 1 aliphatic heterocycles. The second-order valence-electron chi connectivity index (χ2n) is 6.59. The molecule has 3 aromatic rings. The van der Waals surface area contributed by atoms with Crippen molar-refractivity contribution >= 4 is 43.2 Å². The highest BCUT2D eigenvalue weighted by Gasteiger charge is 2.31. The van der Waals surface area contributed by atoms with Crippen LogP contribution in [0.15, 0.2) is 51.4 Å². The second kappa shape index (κ2) is 7.98. The van der Waals surface area contributed by atoms with Gasteiger partial charge in [0.2, 0.25) is 10.0 Å². The van der Waals surface area contributed by atoms with Gasteiger partial charge in [0, 0.05) is 54.8 Å². The lowest BCUT2D eigenvalue weighted by atomic mass is 10.3. The Labute approximate surface area is 181 Å². The molecule has 8 nitrogen and oxygen atoms in total. The lowest BCUT2D eigenvalue weighted by Gasteiger charge is -2.33. The van der Waals surface area contributed by atoms with Gasteiger partial charge in [0.1, 0.15) is 10.7 Å². The van der Waals surface area contributed by atoms with Crippen LogP contribution >= 0.6 is 27.3 Å². The van der Waals surface area contributed by atoms with Crippen LogP contribution in [0.5, 0.6) is 0 Å². The fraction of sp³-hybridized carbons (Fsp3) is 0.278. The van der Waals surface area contributed by atoms with Gasteiger partial charge < -0.3 is 4.90 Å². The molecule has 1 amide bonds. The third-order valence-corrected chi connectivity index (χ3v) is 7.91. The van der Waals surface area contributed by atoms with Crippen molar-refractivity contribution in [2.24, 2.45) is 7.05 Å². The van der Waals surface area contributed by atoms with Crippen LogP contribution in [0.2, 0.25) is 0 Å². The molecule has 0 atom stereocenters. The van der Waals surface area contributed by atoms with Crippen LogP contribution in [0.25, 0.3) is 10.6 Å². The number of piperazine rings is 1. The van der Waals surface area contributed by atoms with E-state index in [1.54, 1.807) is 45.4 Å². The Morgan fingerprint density at radius 2 is 1.97 bits per heavy atom. The number of carbonyl (C=O) groups is 1. The minimum atomic E-state index is -3.59. The summed E-state index contributed by atoms with van der Waals surface area (Å²) in [6.45, 7) is 1.15. The zero-order valence-electron chi connectivity index (χ0n) is 15.5. The number of aromatic nitrogens is 3. The molecule has 1 aliphatic rings. The number of hydrogen-bond acceptors (Lipinski definition) is 6. The van der Waals surface area contributed by atoms with Gasteiger partial charge in [0.25, 0.3) is 5.91 Å². The molecule has 0 saturated carbocycles. The summed E-state index contributed by atoms with van der Waals surface area (Å²) < 4.78 is 29.5. The monoisotopic (exact) mass is 495 g/mol. The number of hydrogen-bond donors (Lipinski definition) is 0. The molecule has 3 heterocycles. The Balaban J connectivity index is 1.43. The molecule has 29 heavy (non-hydrogen) atoms. The van der Waals surface area contributed by atoms with Gasteiger partial charge in [-0.3, -0.25) is 9.48 Å². The summed E-state index contributed by atoms with van der Waals surface area (Å²) >= 11 is 4.70. The summed E-state index contributed by atoms with van der Waals surface area (Å²) in [7, 11) is -1.76. The number of nitrogens with zero attached hydrogens (tertiary/aromatic N) is 5. The van der Waals surface area contributed by atoms with E-state index in [4.69, 9.17) is 0 Å². The highest BCUT2D eigenvalue weighted by Crippen LogP contribution is 2.25. The first-order chi connectivity index (χ1) is 13.8. The summed E-state index contributed by atoms with van der Waals surface area (Å²) in [5.41, 5.74) is 1.23. The Morgan fingerprint density at radius 3 is 2.62 bits per heavy atom. The first-order valence-corrected chi connectivity index (χ1v) is 12.0. The van der Waals surface area contributed by atoms with Gasteiger partial charge in [-0.25, -0.2) is 13.4 Å². The van der Waals surface area contributed by atoms with E-state index in [0.717, 1.165) is 10.6 Å². The van der Waals surface area contributed by atoms with Crippen LogP contribution in [0.3, 0.4) is 0 Å². The molecular formula is C18H18BrN5O3S2. The van der Waals surface area contributed by atoms with Gasteiger partial charge in [-0.1, -0.05) is 22.0 Å². The fourth-order valence-electron chi connectivity index (χ4n) is 3.11. The maximum Gasteiger partial charge on any atom is 0.273 e. The number of halogens is 1. The first kappa shape index (κ1) is 20.2. The zero-order chi connectivity index (χ0) is 20.6. The molecule has 1 aromatic carbocycles. The Kier molecular flexibility index (Phi) is 5.56. The second-order valence-corrected chi connectivity index (χ2v) is 10.3. The average molecular weight is 496 g/mol. The SMILES string of the molecule is Cn1cc(-c2nc(C(=O)N3CCN(S(=O)(=O)c4cccc(Br)c4)CC3)cs2)cn1. The van der Waals surface area contributed by atoms with Crippen molar-refractivity contribution in [3.63, 3.8) is 0 Å². The van der Waals surface area contributed by atoms with Crippen LogP contribution < -0.4 is 0 Å². The van der Waals surface area contributed by atoms with Crippen molar-refractivity contribution in [3.8, 4) is 10.6 Å². The maximum absolute atomic E-state index is 12.8. The molecule has 4 rings (SSSR count). The van der Waals surface area contributed by atoms with Crippen LogP contribution in [-0.4, -0.2) is 64.5 Å². The van der Waals surface area contributed by atoms with Crippen molar-refractivity contribution in [1.82, 2.24) is 24.0 Å². The molecule has 0 unspecified atom stereocenters. The number of rotatable bonds is 4. The van der Waals surface area contributed by atoms with Crippen LogP contribution in [0.1, 0.15) is 10.5 Å². The lowest BCUT2D eigenvalue weighted by molar-refractivity contribution is 0.0693. The summed E-state index contributed by atoms with van der Waals surface area (Å²) in [6, 6.07) is 6.64. The average Bonchev–Trinajstić information content (AvgIpc) is 3.36. The van der Waals surface area contributed by atoms with Gasteiger partial charge in [0.05, 0.1) is 11.1 Å². The van der Waals surface area contributed by atoms with E-state index >= 15 is 0 Å². The van der Waals surface area contributed by atoms with Crippen LogP contribution in [-0.2, 0) is 17.1 Å².